The Balaban J connectivity index is 2.12. The predicted octanol–water partition coefficient (Wildman–Crippen LogP) is 3.60. The number of halogens is 2. The van der Waals surface area contributed by atoms with E-state index in [2.05, 4.69) is 4.98 Å². The molecule has 2 rings (SSSR count). The van der Waals surface area contributed by atoms with Gasteiger partial charge < -0.3 is 10.5 Å². The first kappa shape index (κ1) is 14.1. The molecular weight excluding hydrogens is 303 g/mol. The Morgan fingerprint density at radius 3 is 2.68 bits per heavy atom. The van der Waals surface area contributed by atoms with Crippen molar-refractivity contribution in [2.45, 2.75) is 6.61 Å². The average Bonchev–Trinajstić information content (AvgIpc) is 2.39. The van der Waals surface area contributed by atoms with Crippen molar-refractivity contribution < 1.29 is 4.74 Å². The molecule has 0 spiro atoms. The summed E-state index contributed by atoms with van der Waals surface area (Å²) in [7, 11) is 0. The number of benzene rings is 1. The molecule has 0 atom stereocenters. The molecule has 98 valence electrons. The van der Waals surface area contributed by atoms with Gasteiger partial charge in [-0.15, -0.1) is 0 Å². The van der Waals surface area contributed by atoms with Gasteiger partial charge in [0.15, 0.2) is 0 Å². The fourth-order valence-corrected chi connectivity index (χ4v) is 1.98. The van der Waals surface area contributed by atoms with Gasteiger partial charge in [-0.25, -0.2) is 0 Å². The van der Waals surface area contributed by atoms with Crippen molar-refractivity contribution >= 4 is 40.4 Å². The van der Waals surface area contributed by atoms with Gasteiger partial charge in [-0.2, -0.15) is 0 Å². The molecule has 0 aliphatic carbocycles. The summed E-state index contributed by atoms with van der Waals surface area (Å²) in [5.74, 6) is 0.551. The molecule has 0 fully saturated rings. The van der Waals surface area contributed by atoms with E-state index in [-0.39, 0.29) is 0 Å². The summed E-state index contributed by atoms with van der Waals surface area (Å²) in [6.45, 7) is 0.313. The van der Waals surface area contributed by atoms with E-state index in [0.29, 0.717) is 33.0 Å². The number of aromatic nitrogens is 1. The third-order valence-corrected chi connectivity index (χ3v) is 3.33. The standard InChI is InChI=1S/C13H10Cl2N2OS/c14-10-5-8(13(16)19)1-2-12(10)18-7-9-3-4-17-6-11(9)15/h1-6H,7H2,(H2,16,19). The molecule has 0 aliphatic heterocycles. The molecule has 0 radical (unpaired) electrons. The van der Waals surface area contributed by atoms with Gasteiger partial charge in [0.05, 0.1) is 10.0 Å². The van der Waals surface area contributed by atoms with Crippen LogP contribution in [0.4, 0.5) is 0 Å². The van der Waals surface area contributed by atoms with Gasteiger partial charge in [0, 0.05) is 23.5 Å². The zero-order chi connectivity index (χ0) is 13.8. The molecule has 2 aromatic rings. The number of ether oxygens (including phenoxy) is 1. The molecular formula is C13H10Cl2N2OS. The molecule has 0 saturated heterocycles. The van der Waals surface area contributed by atoms with E-state index in [0.717, 1.165) is 5.56 Å². The summed E-state index contributed by atoms with van der Waals surface area (Å²) in [6.07, 6.45) is 3.22. The fourth-order valence-electron chi connectivity index (χ4n) is 1.45. The lowest BCUT2D eigenvalue weighted by molar-refractivity contribution is 0.306. The van der Waals surface area contributed by atoms with Crippen LogP contribution in [0.1, 0.15) is 11.1 Å². The number of hydrogen-bond donors (Lipinski definition) is 1. The molecule has 3 nitrogen and oxygen atoms in total. The molecule has 0 aliphatic rings. The maximum atomic E-state index is 6.09. The lowest BCUT2D eigenvalue weighted by Crippen LogP contribution is -2.09. The van der Waals surface area contributed by atoms with Crippen LogP contribution in [0.3, 0.4) is 0 Å². The Morgan fingerprint density at radius 2 is 2.05 bits per heavy atom. The van der Waals surface area contributed by atoms with Crippen LogP contribution in [0.15, 0.2) is 36.7 Å². The van der Waals surface area contributed by atoms with Crippen LogP contribution in [-0.4, -0.2) is 9.97 Å². The van der Waals surface area contributed by atoms with Crippen molar-refractivity contribution in [2.24, 2.45) is 5.73 Å². The molecule has 0 amide bonds. The molecule has 6 heteroatoms. The Bertz CT molecular complexity index is 619. The average molecular weight is 313 g/mol. The molecule has 1 aromatic heterocycles. The van der Waals surface area contributed by atoms with Gasteiger partial charge >= 0.3 is 0 Å². The molecule has 0 unspecified atom stereocenters. The highest BCUT2D eigenvalue weighted by Crippen LogP contribution is 2.27. The topological polar surface area (TPSA) is 48.1 Å². The van der Waals surface area contributed by atoms with Crippen molar-refractivity contribution in [2.75, 3.05) is 0 Å². The van der Waals surface area contributed by atoms with E-state index in [1.165, 1.54) is 0 Å². The van der Waals surface area contributed by atoms with E-state index >= 15 is 0 Å². The SMILES string of the molecule is NC(=S)c1ccc(OCc2ccncc2Cl)c(Cl)c1. The van der Waals surface area contributed by atoms with Crippen LogP contribution in [0.25, 0.3) is 0 Å². The molecule has 0 saturated carbocycles. The third kappa shape index (κ3) is 3.56. The Labute approximate surface area is 126 Å². The van der Waals surface area contributed by atoms with Crippen molar-refractivity contribution in [3.8, 4) is 5.75 Å². The zero-order valence-corrected chi connectivity index (χ0v) is 12.1. The summed E-state index contributed by atoms with van der Waals surface area (Å²) >= 11 is 17.0. The van der Waals surface area contributed by atoms with Gasteiger partial charge in [0.1, 0.15) is 17.3 Å². The quantitative estimate of drug-likeness (QED) is 0.876. The first-order chi connectivity index (χ1) is 9.08. The number of hydrogen-bond acceptors (Lipinski definition) is 3. The van der Waals surface area contributed by atoms with Gasteiger partial charge in [-0.05, 0) is 24.3 Å². The number of nitrogens with zero attached hydrogens (tertiary/aromatic N) is 1. The molecule has 2 N–H and O–H groups in total. The van der Waals surface area contributed by atoms with E-state index in [1.807, 2.05) is 0 Å². The van der Waals surface area contributed by atoms with Crippen molar-refractivity contribution in [1.29, 1.82) is 0 Å². The minimum atomic E-state index is 0.297. The maximum Gasteiger partial charge on any atom is 0.138 e. The number of thiocarbonyl (C=S) groups is 1. The molecule has 0 bridgehead atoms. The van der Waals surface area contributed by atoms with E-state index in [9.17, 15) is 0 Å². The fraction of sp³-hybridized carbons (Fsp3) is 0.0769. The monoisotopic (exact) mass is 312 g/mol. The molecule has 1 heterocycles. The zero-order valence-electron chi connectivity index (χ0n) is 9.77. The number of pyridine rings is 1. The maximum absolute atomic E-state index is 6.09. The van der Waals surface area contributed by atoms with E-state index < -0.39 is 0 Å². The second-order valence-corrected chi connectivity index (χ2v) is 5.02. The minimum absolute atomic E-state index is 0.297. The van der Waals surface area contributed by atoms with Crippen molar-refractivity contribution in [3.05, 3.63) is 57.8 Å². The third-order valence-electron chi connectivity index (χ3n) is 2.46. The number of rotatable bonds is 4. The van der Waals surface area contributed by atoms with Crippen LogP contribution < -0.4 is 10.5 Å². The summed E-state index contributed by atoms with van der Waals surface area (Å²) in [4.78, 5) is 4.20. The normalized spacial score (nSPS) is 10.2. The highest BCUT2D eigenvalue weighted by Gasteiger charge is 2.06. The molecule has 19 heavy (non-hydrogen) atoms. The summed E-state index contributed by atoms with van der Waals surface area (Å²) in [5, 5.41) is 1.01. The van der Waals surface area contributed by atoms with Gasteiger partial charge in [-0.1, -0.05) is 35.4 Å². The minimum Gasteiger partial charge on any atom is -0.487 e. The Hall–Kier alpha value is -1.36. The van der Waals surface area contributed by atoms with Crippen molar-refractivity contribution in [3.63, 3.8) is 0 Å². The Morgan fingerprint density at radius 1 is 1.26 bits per heavy atom. The van der Waals surface area contributed by atoms with Crippen molar-refractivity contribution in [1.82, 2.24) is 4.98 Å². The summed E-state index contributed by atoms with van der Waals surface area (Å²) < 4.78 is 5.61. The summed E-state index contributed by atoms with van der Waals surface area (Å²) in [5.41, 5.74) is 7.07. The highest BCUT2D eigenvalue weighted by molar-refractivity contribution is 7.80. The van der Waals surface area contributed by atoms with Crippen LogP contribution in [0.5, 0.6) is 5.75 Å². The largest absolute Gasteiger partial charge is 0.487 e. The lowest BCUT2D eigenvalue weighted by Gasteiger charge is -2.10. The summed E-state index contributed by atoms with van der Waals surface area (Å²) in [6, 6.07) is 6.95. The van der Waals surface area contributed by atoms with Crippen LogP contribution >= 0.6 is 35.4 Å². The van der Waals surface area contributed by atoms with Gasteiger partial charge in [0.2, 0.25) is 0 Å². The predicted molar refractivity (Wildman–Crippen MR) is 80.9 cm³/mol. The first-order valence-electron chi connectivity index (χ1n) is 5.38. The smallest absolute Gasteiger partial charge is 0.138 e. The van der Waals surface area contributed by atoms with Gasteiger partial charge in [0.25, 0.3) is 0 Å². The second kappa shape index (κ2) is 6.19. The van der Waals surface area contributed by atoms with Crippen LogP contribution in [0, 0.1) is 0 Å². The Kier molecular flexibility index (Phi) is 4.58. The van der Waals surface area contributed by atoms with E-state index in [4.69, 9.17) is 45.9 Å². The lowest BCUT2D eigenvalue weighted by atomic mass is 10.2. The number of nitrogens with two attached hydrogens (primary N) is 1. The first-order valence-corrected chi connectivity index (χ1v) is 6.55. The molecule has 1 aromatic carbocycles. The van der Waals surface area contributed by atoms with Crippen LogP contribution in [-0.2, 0) is 6.61 Å². The van der Waals surface area contributed by atoms with Crippen LogP contribution in [0.2, 0.25) is 10.0 Å². The van der Waals surface area contributed by atoms with E-state index in [1.54, 1.807) is 36.7 Å². The highest BCUT2D eigenvalue weighted by atomic mass is 35.5. The van der Waals surface area contributed by atoms with Gasteiger partial charge in [-0.3, -0.25) is 4.98 Å². The second-order valence-electron chi connectivity index (χ2n) is 3.77.